The molecular formula is C19H18N4O3. The first-order valence-electron chi connectivity index (χ1n) is 8.02. The van der Waals surface area contributed by atoms with Crippen LogP contribution < -0.4 is 10.9 Å². The Labute approximate surface area is 149 Å². The van der Waals surface area contributed by atoms with Crippen LogP contribution in [0.15, 0.2) is 52.5 Å². The van der Waals surface area contributed by atoms with E-state index in [9.17, 15) is 9.59 Å². The van der Waals surface area contributed by atoms with E-state index in [2.05, 4.69) is 20.3 Å². The van der Waals surface area contributed by atoms with Gasteiger partial charge < -0.3 is 10.2 Å². The third-order valence-corrected chi connectivity index (χ3v) is 3.76. The smallest absolute Gasteiger partial charge is 0.331 e. The van der Waals surface area contributed by atoms with Crippen molar-refractivity contribution in [2.75, 3.05) is 5.32 Å². The Bertz CT molecular complexity index is 1050. The standard InChI is InChI=1S/C19H18N4O3/c1-12-6-8-15(9-7-12)21-17-16(11-20-26-14(3)24)19(25)23-10-4-5-13(2)18(23)22-17/h4-11,21H,1-3H3/b20-11+. The molecule has 0 aliphatic heterocycles. The Morgan fingerprint density at radius 3 is 2.65 bits per heavy atom. The number of nitrogens with zero attached hydrogens (tertiary/aromatic N) is 3. The van der Waals surface area contributed by atoms with Gasteiger partial charge >= 0.3 is 5.97 Å². The van der Waals surface area contributed by atoms with Crippen LogP contribution in [0.25, 0.3) is 5.65 Å². The molecule has 7 nitrogen and oxygen atoms in total. The normalized spacial score (nSPS) is 11.0. The Balaban J connectivity index is 2.15. The second-order valence-corrected chi connectivity index (χ2v) is 5.87. The van der Waals surface area contributed by atoms with Crippen LogP contribution in [-0.2, 0) is 9.63 Å². The second-order valence-electron chi connectivity index (χ2n) is 5.87. The maximum absolute atomic E-state index is 12.9. The van der Waals surface area contributed by atoms with Gasteiger partial charge in [0.05, 0.1) is 6.21 Å². The van der Waals surface area contributed by atoms with E-state index >= 15 is 0 Å². The molecule has 0 atom stereocenters. The van der Waals surface area contributed by atoms with Gasteiger partial charge in [0.25, 0.3) is 5.56 Å². The van der Waals surface area contributed by atoms with Crippen molar-refractivity contribution in [3.63, 3.8) is 0 Å². The van der Waals surface area contributed by atoms with E-state index in [1.807, 2.05) is 44.2 Å². The van der Waals surface area contributed by atoms with Crippen LogP contribution in [0.3, 0.4) is 0 Å². The zero-order chi connectivity index (χ0) is 18.7. The van der Waals surface area contributed by atoms with Gasteiger partial charge in [0.15, 0.2) is 0 Å². The lowest BCUT2D eigenvalue weighted by molar-refractivity contribution is -0.140. The molecule has 3 rings (SSSR count). The number of benzene rings is 1. The quantitative estimate of drug-likeness (QED) is 0.444. The molecule has 0 spiro atoms. The van der Waals surface area contributed by atoms with Crippen LogP contribution in [0.5, 0.6) is 0 Å². The van der Waals surface area contributed by atoms with Crippen molar-refractivity contribution in [1.82, 2.24) is 9.38 Å². The molecule has 0 amide bonds. The Morgan fingerprint density at radius 2 is 1.96 bits per heavy atom. The van der Waals surface area contributed by atoms with E-state index in [-0.39, 0.29) is 11.1 Å². The van der Waals surface area contributed by atoms with Gasteiger partial charge in [-0.2, -0.15) is 0 Å². The molecule has 0 saturated heterocycles. The molecule has 0 saturated carbocycles. The Kier molecular flexibility index (Phi) is 4.79. The van der Waals surface area contributed by atoms with Crippen molar-refractivity contribution in [3.8, 4) is 0 Å². The molecular weight excluding hydrogens is 332 g/mol. The minimum absolute atomic E-state index is 0.190. The molecule has 26 heavy (non-hydrogen) atoms. The average Bonchev–Trinajstić information content (AvgIpc) is 2.60. The number of aromatic nitrogens is 2. The first kappa shape index (κ1) is 17.3. The third-order valence-electron chi connectivity index (χ3n) is 3.76. The highest BCUT2D eigenvalue weighted by atomic mass is 16.7. The molecule has 3 aromatic rings. The van der Waals surface area contributed by atoms with Crippen LogP contribution in [0, 0.1) is 13.8 Å². The first-order valence-corrected chi connectivity index (χ1v) is 8.02. The number of fused-ring (bicyclic) bond motifs is 1. The molecule has 0 aliphatic rings. The molecule has 0 radical (unpaired) electrons. The number of hydrogen-bond acceptors (Lipinski definition) is 6. The van der Waals surface area contributed by atoms with E-state index in [1.165, 1.54) is 17.5 Å². The van der Waals surface area contributed by atoms with E-state index < -0.39 is 5.97 Å². The fourth-order valence-electron chi connectivity index (χ4n) is 2.45. The summed E-state index contributed by atoms with van der Waals surface area (Å²) in [7, 11) is 0. The number of oxime groups is 1. The molecule has 0 bridgehead atoms. The minimum Gasteiger partial charge on any atom is -0.339 e. The SMILES string of the molecule is CC(=O)O/N=C/c1c(Nc2ccc(C)cc2)nc2c(C)cccn2c1=O. The van der Waals surface area contributed by atoms with Gasteiger partial charge in [-0.3, -0.25) is 9.20 Å². The van der Waals surface area contributed by atoms with Gasteiger partial charge in [-0.15, -0.1) is 0 Å². The highest BCUT2D eigenvalue weighted by molar-refractivity contribution is 5.88. The van der Waals surface area contributed by atoms with Crippen LogP contribution in [-0.4, -0.2) is 21.6 Å². The molecule has 2 aromatic heterocycles. The summed E-state index contributed by atoms with van der Waals surface area (Å²) in [6.07, 6.45) is 2.83. The monoisotopic (exact) mass is 350 g/mol. The predicted octanol–water partition coefficient (Wildman–Crippen LogP) is 2.95. The molecule has 1 aromatic carbocycles. The highest BCUT2D eigenvalue weighted by Crippen LogP contribution is 2.18. The summed E-state index contributed by atoms with van der Waals surface area (Å²) in [5.41, 5.74) is 3.17. The van der Waals surface area contributed by atoms with Crippen molar-refractivity contribution in [1.29, 1.82) is 0 Å². The molecule has 7 heteroatoms. The maximum Gasteiger partial charge on any atom is 0.331 e. The molecule has 132 valence electrons. The van der Waals surface area contributed by atoms with Crippen molar-refractivity contribution >= 4 is 29.3 Å². The van der Waals surface area contributed by atoms with Crippen LogP contribution in [0.2, 0.25) is 0 Å². The number of hydrogen-bond donors (Lipinski definition) is 1. The fraction of sp³-hybridized carbons (Fsp3) is 0.158. The van der Waals surface area contributed by atoms with Gasteiger partial charge in [0, 0.05) is 18.8 Å². The number of pyridine rings is 1. The minimum atomic E-state index is -0.570. The summed E-state index contributed by atoms with van der Waals surface area (Å²) in [4.78, 5) is 33.0. The lowest BCUT2D eigenvalue weighted by Crippen LogP contribution is -2.22. The number of carbonyl (C=O) groups excluding carboxylic acids is 1. The van der Waals surface area contributed by atoms with Crippen LogP contribution in [0.1, 0.15) is 23.6 Å². The van der Waals surface area contributed by atoms with Crippen molar-refractivity contribution < 1.29 is 9.63 Å². The predicted molar refractivity (Wildman–Crippen MR) is 100 cm³/mol. The van der Waals surface area contributed by atoms with Gasteiger partial charge in [-0.1, -0.05) is 28.9 Å². The molecule has 0 fully saturated rings. The van der Waals surface area contributed by atoms with E-state index in [4.69, 9.17) is 0 Å². The van der Waals surface area contributed by atoms with E-state index in [1.54, 1.807) is 12.3 Å². The van der Waals surface area contributed by atoms with Crippen molar-refractivity contribution in [2.45, 2.75) is 20.8 Å². The van der Waals surface area contributed by atoms with E-state index in [0.29, 0.717) is 11.5 Å². The number of anilines is 2. The summed E-state index contributed by atoms with van der Waals surface area (Å²) in [6.45, 7) is 5.10. The number of aryl methyl sites for hydroxylation is 2. The Morgan fingerprint density at radius 1 is 1.23 bits per heavy atom. The number of rotatable bonds is 4. The maximum atomic E-state index is 12.9. The summed E-state index contributed by atoms with van der Waals surface area (Å²) in [5, 5.41) is 6.72. The molecule has 2 heterocycles. The fourth-order valence-corrected chi connectivity index (χ4v) is 2.45. The van der Waals surface area contributed by atoms with E-state index in [0.717, 1.165) is 16.8 Å². The van der Waals surface area contributed by atoms with Crippen LogP contribution in [0.4, 0.5) is 11.5 Å². The summed E-state index contributed by atoms with van der Waals surface area (Å²) in [5.74, 6) is -0.233. The lowest BCUT2D eigenvalue weighted by Gasteiger charge is -2.11. The van der Waals surface area contributed by atoms with Gasteiger partial charge in [-0.05, 0) is 37.6 Å². The largest absolute Gasteiger partial charge is 0.339 e. The number of nitrogens with one attached hydrogen (secondary N) is 1. The highest BCUT2D eigenvalue weighted by Gasteiger charge is 2.13. The zero-order valence-electron chi connectivity index (χ0n) is 14.7. The first-order chi connectivity index (χ1) is 12.5. The molecule has 0 unspecified atom stereocenters. The third kappa shape index (κ3) is 3.61. The molecule has 0 aliphatic carbocycles. The average molecular weight is 350 g/mol. The summed E-state index contributed by atoms with van der Waals surface area (Å²) < 4.78 is 1.44. The Hall–Kier alpha value is -3.48. The van der Waals surface area contributed by atoms with Gasteiger partial charge in [0.1, 0.15) is 17.0 Å². The van der Waals surface area contributed by atoms with Gasteiger partial charge in [-0.25, -0.2) is 9.78 Å². The lowest BCUT2D eigenvalue weighted by atomic mass is 10.2. The van der Waals surface area contributed by atoms with Crippen molar-refractivity contribution in [3.05, 3.63) is 69.6 Å². The van der Waals surface area contributed by atoms with Gasteiger partial charge in [0.2, 0.25) is 0 Å². The number of carbonyl (C=O) groups is 1. The van der Waals surface area contributed by atoms with Crippen molar-refractivity contribution in [2.24, 2.45) is 5.16 Å². The zero-order valence-corrected chi connectivity index (χ0v) is 14.7. The summed E-state index contributed by atoms with van der Waals surface area (Å²) >= 11 is 0. The van der Waals surface area contributed by atoms with Crippen LogP contribution >= 0.6 is 0 Å². The topological polar surface area (TPSA) is 85.1 Å². The molecule has 1 N–H and O–H groups in total. The summed E-state index contributed by atoms with van der Waals surface area (Å²) in [6, 6.07) is 11.3. The second kappa shape index (κ2) is 7.18.